The lowest BCUT2D eigenvalue weighted by atomic mass is 10.1. The fraction of sp³-hybridized carbons (Fsp3) is 0.500. The third-order valence-electron chi connectivity index (χ3n) is 3.30. The molecule has 0 saturated heterocycles. The zero-order valence-electron chi connectivity index (χ0n) is 10.3. The number of ether oxygens (including phenoxy) is 2. The molecule has 1 aromatic carbocycles. The Kier molecular flexibility index (Phi) is 3.53. The van der Waals surface area contributed by atoms with Crippen molar-refractivity contribution in [3.05, 3.63) is 23.3 Å². The van der Waals surface area contributed by atoms with Crippen LogP contribution in [-0.2, 0) is 0 Å². The van der Waals surface area contributed by atoms with Gasteiger partial charge >= 0.3 is 0 Å². The van der Waals surface area contributed by atoms with Gasteiger partial charge in [0.15, 0.2) is 11.5 Å². The van der Waals surface area contributed by atoms with Crippen molar-refractivity contribution in [2.24, 2.45) is 0 Å². The lowest BCUT2D eigenvalue weighted by molar-refractivity contribution is 0.199. The van der Waals surface area contributed by atoms with E-state index in [1.54, 1.807) is 19.2 Å². The van der Waals surface area contributed by atoms with Gasteiger partial charge in [0.1, 0.15) is 0 Å². The van der Waals surface area contributed by atoms with Gasteiger partial charge in [0.2, 0.25) is 0 Å². The molecule has 0 spiro atoms. The van der Waals surface area contributed by atoms with E-state index in [4.69, 9.17) is 14.7 Å². The molecule has 0 radical (unpaired) electrons. The maximum atomic E-state index is 9.02. The van der Waals surface area contributed by atoms with Crippen molar-refractivity contribution in [1.82, 2.24) is 0 Å². The van der Waals surface area contributed by atoms with Gasteiger partial charge in [0.05, 0.1) is 24.8 Å². The molecule has 17 heavy (non-hydrogen) atoms. The molecule has 0 heterocycles. The minimum atomic E-state index is 0.275. The van der Waals surface area contributed by atoms with Gasteiger partial charge in [0.25, 0.3) is 0 Å². The van der Waals surface area contributed by atoms with E-state index in [0.717, 1.165) is 24.2 Å². The Labute approximate surface area is 102 Å². The first-order chi connectivity index (χ1) is 8.26. The SMILES string of the molecule is COc1ccc(C#N)c(C)c1OC1CCCC1. The van der Waals surface area contributed by atoms with Crippen molar-refractivity contribution in [3.8, 4) is 17.6 Å². The van der Waals surface area contributed by atoms with Crippen LogP contribution in [0.15, 0.2) is 12.1 Å². The standard InChI is InChI=1S/C14H17NO2/c1-10-11(9-15)7-8-13(16-2)14(10)17-12-5-3-4-6-12/h7-8,12H,3-6H2,1-2H3. The van der Waals surface area contributed by atoms with Gasteiger partial charge in [-0.15, -0.1) is 0 Å². The molecule has 0 N–H and O–H groups in total. The summed E-state index contributed by atoms with van der Waals surface area (Å²) in [6.45, 7) is 1.91. The zero-order valence-corrected chi connectivity index (χ0v) is 10.3. The van der Waals surface area contributed by atoms with Crippen LogP contribution in [0.4, 0.5) is 0 Å². The summed E-state index contributed by atoms with van der Waals surface area (Å²) < 4.78 is 11.3. The average Bonchev–Trinajstić information content (AvgIpc) is 2.84. The molecule has 3 heteroatoms. The highest BCUT2D eigenvalue weighted by Crippen LogP contribution is 2.35. The summed E-state index contributed by atoms with van der Waals surface area (Å²) in [7, 11) is 1.63. The van der Waals surface area contributed by atoms with Crippen LogP contribution < -0.4 is 9.47 Å². The highest BCUT2D eigenvalue weighted by atomic mass is 16.5. The van der Waals surface area contributed by atoms with Gasteiger partial charge in [-0.2, -0.15) is 5.26 Å². The second kappa shape index (κ2) is 5.09. The number of hydrogen-bond donors (Lipinski definition) is 0. The second-order valence-electron chi connectivity index (χ2n) is 4.41. The number of hydrogen-bond acceptors (Lipinski definition) is 3. The second-order valence-corrected chi connectivity index (χ2v) is 4.41. The van der Waals surface area contributed by atoms with E-state index in [1.807, 2.05) is 6.92 Å². The third-order valence-corrected chi connectivity index (χ3v) is 3.30. The lowest BCUT2D eigenvalue weighted by Gasteiger charge is -2.18. The molecule has 0 bridgehead atoms. The van der Waals surface area contributed by atoms with E-state index in [2.05, 4.69) is 6.07 Å². The number of rotatable bonds is 3. The monoisotopic (exact) mass is 231 g/mol. The van der Waals surface area contributed by atoms with Gasteiger partial charge in [-0.05, 0) is 44.7 Å². The molecule has 0 aliphatic heterocycles. The van der Waals surface area contributed by atoms with Crippen molar-refractivity contribution in [3.63, 3.8) is 0 Å². The van der Waals surface area contributed by atoms with E-state index in [9.17, 15) is 0 Å². The summed E-state index contributed by atoms with van der Waals surface area (Å²) in [5.74, 6) is 1.45. The molecular weight excluding hydrogens is 214 g/mol. The van der Waals surface area contributed by atoms with E-state index in [-0.39, 0.29) is 6.10 Å². The molecule has 0 atom stereocenters. The Bertz CT molecular complexity index is 442. The number of nitrogens with zero attached hydrogens (tertiary/aromatic N) is 1. The minimum absolute atomic E-state index is 0.275. The summed E-state index contributed by atoms with van der Waals surface area (Å²) in [4.78, 5) is 0. The molecule has 1 aliphatic carbocycles. The van der Waals surface area contributed by atoms with E-state index in [1.165, 1.54) is 12.8 Å². The maximum absolute atomic E-state index is 9.02. The van der Waals surface area contributed by atoms with Crippen LogP contribution in [0, 0.1) is 18.3 Å². The predicted octanol–water partition coefficient (Wildman–Crippen LogP) is 3.20. The van der Waals surface area contributed by atoms with Gasteiger partial charge in [0, 0.05) is 5.56 Å². The Morgan fingerprint density at radius 2 is 2.00 bits per heavy atom. The number of methoxy groups -OCH3 is 1. The van der Waals surface area contributed by atoms with Crippen LogP contribution >= 0.6 is 0 Å². The van der Waals surface area contributed by atoms with Gasteiger partial charge in [-0.25, -0.2) is 0 Å². The smallest absolute Gasteiger partial charge is 0.165 e. The van der Waals surface area contributed by atoms with Crippen LogP contribution in [0.5, 0.6) is 11.5 Å². The first-order valence-electron chi connectivity index (χ1n) is 6.00. The quantitative estimate of drug-likeness (QED) is 0.802. The molecule has 3 nitrogen and oxygen atoms in total. The van der Waals surface area contributed by atoms with Crippen molar-refractivity contribution in [1.29, 1.82) is 5.26 Å². The summed E-state index contributed by atoms with van der Waals surface area (Å²) in [6, 6.07) is 5.75. The molecule has 1 fully saturated rings. The number of benzene rings is 1. The zero-order chi connectivity index (χ0) is 12.3. The Morgan fingerprint density at radius 3 is 2.59 bits per heavy atom. The molecule has 1 saturated carbocycles. The number of nitriles is 1. The van der Waals surface area contributed by atoms with E-state index < -0.39 is 0 Å². The minimum Gasteiger partial charge on any atom is -0.493 e. The van der Waals surface area contributed by atoms with Crippen LogP contribution in [-0.4, -0.2) is 13.2 Å². The summed E-state index contributed by atoms with van der Waals surface area (Å²) >= 11 is 0. The Morgan fingerprint density at radius 1 is 1.29 bits per heavy atom. The molecule has 0 amide bonds. The van der Waals surface area contributed by atoms with Gasteiger partial charge in [-0.1, -0.05) is 0 Å². The Hall–Kier alpha value is -1.69. The largest absolute Gasteiger partial charge is 0.493 e. The summed E-state index contributed by atoms with van der Waals surface area (Å²) in [6.07, 6.45) is 4.92. The highest BCUT2D eigenvalue weighted by Gasteiger charge is 2.20. The van der Waals surface area contributed by atoms with Crippen molar-refractivity contribution < 1.29 is 9.47 Å². The van der Waals surface area contributed by atoms with Gasteiger partial charge in [-0.3, -0.25) is 0 Å². The molecule has 1 aromatic rings. The molecule has 0 unspecified atom stereocenters. The Balaban J connectivity index is 2.32. The fourth-order valence-corrected chi connectivity index (χ4v) is 2.27. The third kappa shape index (κ3) is 2.36. The molecule has 1 aliphatic rings. The van der Waals surface area contributed by atoms with Crippen molar-refractivity contribution in [2.75, 3.05) is 7.11 Å². The van der Waals surface area contributed by atoms with Crippen LogP contribution in [0.25, 0.3) is 0 Å². The first-order valence-corrected chi connectivity index (χ1v) is 6.00. The lowest BCUT2D eigenvalue weighted by Crippen LogP contribution is -2.12. The normalized spacial score (nSPS) is 15.6. The summed E-state index contributed by atoms with van der Waals surface area (Å²) in [5, 5.41) is 9.02. The molecule has 0 aromatic heterocycles. The molecule has 90 valence electrons. The van der Waals surface area contributed by atoms with Crippen LogP contribution in [0.1, 0.15) is 36.8 Å². The maximum Gasteiger partial charge on any atom is 0.165 e. The van der Waals surface area contributed by atoms with Crippen molar-refractivity contribution in [2.45, 2.75) is 38.7 Å². The predicted molar refractivity (Wildman–Crippen MR) is 65.3 cm³/mol. The molecular formula is C14H17NO2. The van der Waals surface area contributed by atoms with E-state index >= 15 is 0 Å². The van der Waals surface area contributed by atoms with Crippen molar-refractivity contribution >= 4 is 0 Å². The van der Waals surface area contributed by atoms with Gasteiger partial charge < -0.3 is 9.47 Å². The molecule has 2 rings (SSSR count). The topological polar surface area (TPSA) is 42.2 Å². The fourth-order valence-electron chi connectivity index (χ4n) is 2.27. The van der Waals surface area contributed by atoms with E-state index in [0.29, 0.717) is 11.3 Å². The van der Waals surface area contributed by atoms with Crippen LogP contribution in [0.2, 0.25) is 0 Å². The average molecular weight is 231 g/mol. The summed E-state index contributed by atoms with van der Waals surface area (Å²) in [5.41, 5.74) is 1.53. The first kappa shape index (κ1) is 11.8. The highest BCUT2D eigenvalue weighted by molar-refractivity contribution is 5.54. The van der Waals surface area contributed by atoms with Crippen LogP contribution in [0.3, 0.4) is 0 Å².